The molecule has 2 aromatic heterocycles. The zero-order chi connectivity index (χ0) is 40.6. The van der Waals surface area contributed by atoms with E-state index in [1.807, 2.05) is 30.3 Å². The number of fused-ring (bicyclic) bond motifs is 5. The lowest BCUT2D eigenvalue weighted by Gasteiger charge is -2.31. The van der Waals surface area contributed by atoms with Gasteiger partial charge in [-0.1, -0.05) is 37.3 Å². The van der Waals surface area contributed by atoms with E-state index < -0.39 is 52.8 Å². The van der Waals surface area contributed by atoms with Crippen LogP contribution >= 0.6 is 0 Å². The zero-order valence-corrected chi connectivity index (χ0v) is 31.6. The van der Waals surface area contributed by atoms with Gasteiger partial charge in [0.25, 0.3) is 5.56 Å². The first-order valence-corrected chi connectivity index (χ1v) is 19.0. The molecule has 4 heterocycles. The Morgan fingerprint density at radius 1 is 1.07 bits per heavy atom. The quantitative estimate of drug-likeness (QED) is 0.0743. The summed E-state index contributed by atoms with van der Waals surface area (Å²) in [5.74, 6) is -3.07. The van der Waals surface area contributed by atoms with Gasteiger partial charge in [-0.15, -0.1) is 0 Å². The van der Waals surface area contributed by atoms with Crippen molar-refractivity contribution in [3.8, 4) is 11.4 Å². The van der Waals surface area contributed by atoms with Gasteiger partial charge in [-0.25, -0.2) is 14.2 Å². The molecule has 0 saturated carbocycles. The topological polar surface area (TPSA) is 224 Å². The first kappa shape index (κ1) is 39.2. The molecule has 0 unspecified atom stereocenters. The Kier molecular flexibility index (Phi) is 10.9. The van der Waals surface area contributed by atoms with Crippen LogP contribution in [0, 0.1) is 12.7 Å². The summed E-state index contributed by atoms with van der Waals surface area (Å²) in [5.41, 5.74) is 8.00. The number of pyridine rings is 2. The van der Waals surface area contributed by atoms with Crippen LogP contribution in [0.15, 0.2) is 47.3 Å². The minimum Gasteiger partial charge on any atom is -0.458 e. The van der Waals surface area contributed by atoms with Crippen LogP contribution in [0.25, 0.3) is 22.3 Å². The molecule has 3 atom stereocenters. The SMILES string of the molecule is CC[C@@]1(O)C(=O)OCc2c1cc1n(c2=O)Cc2c-1nc1cc(F)c(C)c3c1c2[C@@H](NC(=O)CCCNC(=O)CNC(=O)[C@H](Cc1ccccc1)NC(=O)CN)CC3. The zero-order valence-electron chi connectivity index (χ0n) is 31.6. The molecule has 57 heavy (non-hydrogen) atoms. The number of amides is 4. The lowest BCUT2D eigenvalue weighted by molar-refractivity contribution is -0.172. The van der Waals surface area contributed by atoms with Crippen molar-refractivity contribution in [2.45, 2.75) is 83.2 Å². The van der Waals surface area contributed by atoms with Crippen molar-refractivity contribution in [1.29, 1.82) is 0 Å². The van der Waals surface area contributed by atoms with Crippen molar-refractivity contribution in [1.82, 2.24) is 30.8 Å². The molecule has 298 valence electrons. The summed E-state index contributed by atoms with van der Waals surface area (Å²) in [6.45, 7) is 2.69. The number of ether oxygens (including phenoxy) is 1. The third-order valence-electron chi connectivity index (χ3n) is 11.2. The van der Waals surface area contributed by atoms with Gasteiger partial charge in [-0.3, -0.25) is 24.0 Å². The molecule has 7 rings (SSSR count). The number of nitrogens with one attached hydrogen (secondary N) is 4. The van der Waals surface area contributed by atoms with E-state index in [1.54, 1.807) is 19.9 Å². The summed E-state index contributed by atoms with van der Waals surface area (Å²) in [6, 6.07) is 10.6. The van der Waals surface area contributed by atoms with Gasteiger partial charge >= 0.3 is 5.97 Å². The maximum absolute atomic E-state index is 15.3. The second-order valence-corrected chi connectivity index (χ2v) is 14.7. The smallest absolute Gasteiger partial charge is 0.343 e. The maximum atomic E-state index is 15.3. The molecule has 2 aromatic carbocycles. The van der Waals surface area contributed by atoms with Crippen molar-refractivity contribution in [2.24, 2.45) is 5.73 Å². The molecule has 2 aliphatic heterocycles. The largest absolute Gasteiger partial charge is 0.458 e. The van der Waals surface area contributed by atoms with Crippen molar-refractivity contribution < 1.29 is 38.2 Å². The monoisotopic (exact) mass is 781 g/mol. The number of halogens is 1. The van der Waals surface area contributed by atoms with E-state index in [4.69, 9.17) is 15.5 Å². The Bertz CT molecular complexity index is 2380. The third kappa shape index (κ3) is 7.37. The number of carbonyl (C=O) groups is 5. The fraction of sp³-hybridized carbons (Fsp3) is 0.390. The highest BCUT2D eigenvalue weighted by molar-refractivity contribution is 5.94. The molecule has 0 saturated heterocycles. The Morgan fingerprint density at radius 2 is 1.84 bits per heavy atom. The van der Waals surface area contributed by atoms with Gasteiger partial charge in [-0.05, 0) is 60.9 Å². The summed E-state index contributed by atoms with van der Waals surface area (Å²) in [7, 11) is 0. The molecular formula is C41H44FN7O8. The van der Waals surface area contributed by atoms with Gasteiger partial charge in [0.1, 0.15) is 18.5 Å². The second kappa shape index (κ2) is 15.9. The maximum Gasteiger partial charge on any atom is 0.343 e. The molecule has 4 aromatic rings. The van der Waals surface area contributed by atoms with Crippen LogP contribution in [0.3, 0.4) is 0 Å². The van der Waals surface area contributed by atoms with E-state index >= 15 is 4.39 Å². The number of benzene rings is 2. The fourth-order valence-electron chi connectivity index (χ4n) is 8.11. The number of aliphatic hydroxyl groups is 1. The van der Waals surface area contributed by atoms with E-state index in [9.17, 15) is 33.9 Å². The number of nitrogens with zero attached hydrogens (tertiary/aromatic N) is 2. The van der Waals surface area contributed by atoms with Crippen molar-refractivity contribution in [3.63, 3.8) is 0 Å². The van der Waals surface area contributed by atoms with E-state index in [-0.39, 0.29) is 69.1 Å². The van der Waals surface area contributed by atoms with Crippen LogP contribution in [0.2, 0.25) is 0 Å². The summed E-state index contributed by atoms with van der Waals surface area (Å²) in [5, 5.41) is 23.0. The third-order valence-corrected chi connectivity index (χ3v) is 11.2. The van der Waals surface area contributed by atoms with Crippen molar-refractivity contribution in [3.05, 3.63) is 97.6 Å². The summed E-state index contributed by atoms with van der Waals surface area (Å²) < 4.78 is 22.0. The van der Waals surface area contributed by atoms with Gasteiger partial charge in [0.15, 0.2) is 5.60 Å². The highest BCUT2D eigenvalue weighted by Gasteiger charge is 2.46. The molecule has 0 bridgehead atoms. The standard InChI is InChI=1S/C41H44FN7O8/c1-3-41(56)26-15-31-37-24(19-49(31)39(54)25(26)20-57-40(41)55)36-28(12-11-23-21(2)27(42)16-29(48-37)35(23)36)46-32(50)10-7-13-44-34(52)18-45-38(53)30(47-33(51)17-43)14-22-8-5-4-6-9-22/h4-6,8-9,15-16,28,30,56H,3,7,10-14,17-20,43H2,1-2H3,(H,44,52)(H,45,53)(H,46,50)(H,47,51)/t28-,30-,41-/m0/s1. The predicted octanol–water partition coefficient (Wildman–Crippen LogP) is 1.33. The number of esters is 1. The number of hydrogen-bond donors (Lipinski definition) is 6. The van der Waals surface area contributed by atoms with Crippen LogP contribution in [0.1, 0.15) is 77.6 Å². The highest BCUT2D eigenvalue weighted by Crippen LogP contribution is 2.46. The van der Waals surface area contributed by atoms with Gasteiger partial charge in [0, 0.05) is 42.0 Å². The molecule has 7 N–H and O–H groups in total. The van der Waals surface area contributed by atoms with Gasteiger partial charge < -0.3 is 41.4 Å². The molecule has 0 radical (unpaired) electrons. The molecule has 0 spiro atoms. The number of aryl methyl sites for hydroxylation is 1. The average Bonchev–Trinajstić information content (AvgIpc) is 3.58. The normalized spacial score (nSPS) is 18.1. The fourth-order valence-corrected chi connectivity index (χ4v) is 8.11. The lowest BCUT2D eigenvalue weighted by Crippen LogP contribution is -2.51. The lowest BCUT2D eigenvalue weighted by atomic mass is 9.81. The van der Waals surface area contributed by atoms with E-state index in [2.05, 4.69) is 21.3 Å². The summed E-state index contributed by atoms with van der Waals surface area (Å²) in [6.07, 6.45) is 1.49. The Morgan fingerprint density at radius 3 is 2.58 bits per heavy atom. The van der Waals surface area contributed by atoms with Gasteiger partial charge in [0.05, 0.1) is 48.1 Å². The van der Waals surface area contributed by atoms with Crippen molar-refractivity contribution in [2.75, 3.05) is 19.6 Å². The van der Waals surface area contributed by atoms with Crippen LogP contribution in [-0.4, -0.2) is 69.9 Å². The van der Waals surface area contributed by atoms with Gasteiger partial charge in [-0.2, -0.15) is 0 Å². The highest BCUT2D eigenvalue weighted by atomic mass is 19.1. The van der Waals surface area contributed by atoms with E-state index in [0.29, 0.717) is 47.3 Å². The number of nitrogens with two attached hydrogens (primary N) is 1. The number of aromatic nitrogens is 2. The Hall–Kier alpha value is -6.00. The molecule has 4 amide bonds. The average molecular weight is 782 g/mol. The predicted molar refractivity (Wildman–Crippen MR) is 205 cm³/mol. The molecule has 1 aliphatic carbocycles. The number of rotatable bonds is 13. The first-order chi connectivity index (χ1) is 27.3. The van der Waals surface area contributed by atoms with Crippen LogP contribution in [0.4, 0.5) is 4.39 Å². The summed E-state index contributed by atoms with van der Waals surface area (Å²) >= 11 is 0. The minimum absolute atomic E-state index is 0.0146. The molecule has 0 fully saturated rings. The molecule has 15 nitrogen and oxygen atoms in total. The van der Waals surface area contributed by atoms with Crippen LogP contribution < -0.4 is 32.6 Å². The number of hydrogen-bond acceptors (Lipinski definition) is 10. The van der Waals surface area contributed by atoms with Crippen LogP contribution in [0.5, 0.6) is 0 Å². The first-order valence-electron chi connectivity index (χ1n) is 19.0. The molecule has 3 aliphatic rings. The number of carbonyl (C=O) groups excluding carboxylic acids is 5. The Labute approximate surface area is 326 Å². The Balaban J connectivity index is 1.03. The van der Waals surface area contributed by atoms with Crippen LogP contribution in [-0.2, 0) is 60.3 Å². The summed E-state index contributed by atoms with van der Waals surface area (Å²) in [4.78, 5) is 82.2. The number of cyclic esters (lactones) is 1. The minimum atomic E-state index is -2.01. The second-order valence-electron chi connectivity index (χ2n) is 14.7. The molecular weight excluding hydrogens is 737 g/mol. The molecule has 16 heteroatoms. The van der Waals surface area contributed by atoms with E-state index in [1.165, 1.54) is 10.6 Å². The van der Waals surface area contributed by atoms with Gasteiger partial charge in [0.2, 0.25) is 23.6 Å². The van der Waals surface area contributed by atoms with Crippen molar-refractivity contribution >= 4 is 40.5 Å². The van der Waals surface area contributed by atoms with E-state index in [0.717, 1.165) is 22.1 Å².